The number of hydrogen-bond acceptors (Lipinski definition) is 3. The molecule has 3 heterocycles. The van der Waals surface area contributed by atoms with Crippen molar-refractivity contribution < 1.29 is 4.79 Å². The van der Waals surface area contributed by atoms with Gasteiger partial charge in [0.25, 0.3) is 0 Å². The highest BCUT2D eigenvalue weighted by Gasteiger charge is 2.37. The van der Waals surface area contributed by atoms with Gasteiger partial charge in [0.1, 0.15) is 6.04 Å². The van der Waals surface area contributed by atoms with Crippen LogP contribution >= 0.6 is 0 Å². The number of likely N-dealkylation sites (tertiary alicyclic amines) is 3. The molecule has 0 aliphatic carbocycles. The smallest absolute Gasteiger partial charge is 0.241 e. The lowest BCUT2D eigenvalue weighted by Gasteiger charge is -2.44. The van der Waals surface area contributed by atoms with Crippen LogP contribution in [0.1, 0.15) is 64.7 Å². The predicted molar refractivity (Wildman–Crippen MR) is 94.5 cm³/mol. The van der Waals surface area contributed by atoms with Gasteiger partial charge in [-0.3, -0.25) is 14.6 Å². The van der Waals surface area contributed by atoms with Crippen molar-refractivity contribution in [1.29, 1.82) is 0 Å². The van der Waals surface area contributed by atoms with E-state index in [1.165, 1.54) is 70.9 Å². The minimum atomic E-state index is 0.0894. The lowest BCUT2D eigenvalue weighted by atomic mass is 9.97. The van der Waals surface area contributed by atoms with Gasteiger partial charge in [0.15, 0.2) is 0 Å². The molecular weight excluding hydrogens is 286 g/mol. The van der Waals surface area contributed by atoms with Crippen LogP contribution in [0.3, 0.4) is 0 Å². The molecular formula is C19H35N3O. The van der Waals surface area contributed by atoms with Gasteiger partial charge in [-0.25, -0.2) is 0 Å². The highest BCUT2D eigenvalue weighted by molar-refractivity contribution is 5.82. The molecule has 3 aliphatic rings. The molecule has 0 aromatic heterocycles. The van der Waals surface area contributed by atoms with Gasteiger partial charge in [-0.2, -0.15) is 0 Å². The molecule has 0 saturated carbocycles. The van der Waals surface area contributed by atoms with Gasteiger partial charge in [-0.1, -0.05) is 12.8 Å². The van der Waals surface area contributed by atoms with Gasteiger partial charge in [0.2, 0.25) is 5.91 Å². The standard InChI is InChI=1S/C19H35N3O/c1-17(20-11-5-2-6-12-20)18(21-13-7-3-8-14-21)19(23)22-15-9-4-10-16-22/h17-18H,2-16H2,1H3/t17-,18-/m0/s1. The van der Waals surface area contributed by atoms with E-state index in [1.54, 1.807) is 0 Å². The van der Waals surface area contributed by atoms with Crippen LogP contribution in [0.25, 0.3) is 0 Å². The van der Waals surface area contributed by atoms with E-state index < -0.39 is 0 Å². The Kier molecular flexibility index (Phi) is 6.35. The lowest BCUT2D eigenvalue weighted by molar-refractivity contribution is -0.141. The Labute approximate surface area is 142 Å². The van der Waals surface area contributed by atoms with Crippen molar-refractivity contribution >= 4 is 5.91 Å². The van der Waals surface area contributed by atoms with Crippen LogP contribution in [-0.4, -0.2) is 72.0 Å². The molecule has 3 rings (SSSR count). The Morgan fingerprint density at radius 2 is 1.09 bits per heavy atom. The number of carbonyl (C=O) groups is 1. The fourth-order valence-corrected chi connectivity index (χ4v) is 4.69. The Bertz CT molecular complexity index is 369. The first kappa shape index (κ1) is 17.2. The topological polar surface area (TPSA) is 26.8 Å². The molecule has 4 nitrogen and oxygen atoms in total. The van der Waals surface area contributed by atoms with E-state index in [9.17, 15) is 4.79 Å². The molecule has 0 unspecified atom stereocenters. The molecule has 4 heteroatoms. The SMILES string of the molecule is C[C@@H]([C@@H](C(=O)N1CCCCC1)N1CCCCC1)N1CCCCC1. The van der Waals surface area contributed by atoms with Crippen LogP contribution in [0.4, 0.5) is 0 Å². The second-order valence-electron chi connectivity index (χ2n) is 7.76. The third-order valence-electron chi connectivity index (χ3n) is 6.13. The summed E-state index contributed by atoms with van der Waals surface area (Å²) in [5.74, 6) is 0.421. The summed E-state index contributed by atoms with van der Waals surface area (Å²) < 4.78 is 0. The molecule has 132 valence electrons. The average Bonchev–Trinajstić information content (AvgIpc) is 2.64. The van der Waals surface area contributed by atoms with Gasteiger partial charge >= 0.3 is 0 Å². The Hall–Kier alpha value is -0.610. The summed E-state index contributed by atoms with van der Waals surface area (Å²) in [6.45, 7) is 8.86. The van der Waals surface area contributed by atoms with E-state index in [1.807, 2.05) is 0 Å². The molecule has 0 aromatic carbocycles. The number of piperidine rings is 3. The van der Waals surface area contributed by atoms with Gasteiger partial charge in [0, 0.05) is 19.1 Å². The van der Waals surface area contributed by atoms with Crippen LogP contribution in [0.15, 0.2) is 0 Å². The minimum absolute atomic E-state index is 0.0894. The Morgan fingerprint density at radius 1 is 0.652 bits per heavy atom. The summed E-state index contributed by atoms with van der Waals surface area (Å²) in [5, 5.41) is 0. The van der Waals surface area contributed by atoms with Gasteiger partial charge in [-0.15, -0.1) is 0 Å². The number of amides is 1. The van der Waals surface area contributed by atoms with Gasteiger partial charge < -0.3 is 4.90 Å². The second kappa shape index (κ2) is 8.48. The summed E-state index contributed by atoms with van der Waals surface area (Å²) in [6.07, 6.45) is 11.5. The zero-order valence-corrected chi connectivity index (χ0v) is 15.0. The van der Waals surface area contributed by atoms with E-state index in [-0.39, 0.29) is 6.04 Å². The van der Waals surface area contributed by atoms with Crippen molar-refractivity contribution in [3.8, 4) is 0 Å². The summed E-state index contributed by atoms with van der Waals surface area (Å²) >= 11 is 0. The van der Waals surface area contributed by atoms with E-state index in [4.69, 9.17) is 0 Å². The predicted octanol–water partition coefficient (Wildman–Crippen LogP) is 2.73. The first-order valence-corrected chi connectivity index (χ1v) is 10.0. The maximum Gasteiger partial charge on any atom is 0.241 e. The zero-order chi connectivity index (χ0) is 16.1. The highest BCUT2D eigenvalue weighted by atomic mass is 16.2. The third kappa shape index (κ3) is 4.27. The molecule has 0 spiro atoms. The molecule has 0 aromatic rings. The van der Waals surface area contributed by atoms with Gasteiger partial charge in [0.05, 0.1) is 0 Å². The van der Waals surface area contributed by atoms with Crippen LogP contribution in [-0.2, 0) is 4.79 Å². The summed E-state index contributed by atoms with van der Waals surface area (Å²) in [6, 6.07) is 0.453. The van der Waals surface area contributed by atoms with E-state index in [0.29, 0.717) is 11.9 Å². The zero-order valence-electron chi connectivity index (χ0n) is 15.0. The lowest BCUT2D eigenvalue weighted by Crippen LogP contribution is -2.60. The van der Waals surface area contributed by atoms with Crippen molar-refractivity contribution in [1.82, 2.24) is 14.7 Å². The number of hydrogen-bond donors (Lipinski definition) is 0. The van der Waals surface area contributed by atoms with Crippen LogP contribution in [0.5, 0.6) is 0 Å². The fourth-order valence-electron chi connectivity index (χ4n) is 4.69. The quantitative estimate of drug-likeness (QED) is 0.796. The maximum absolute atomic E-state index is 13.3. The molecule has 23 heavy (non-hydrogen) atoms. The second-order valence-corrected chi connectivity index (χ2v) is 7.76. The monoisotopic (exact) mass is 321 g/mol. The molecule has 0 radical (unpaired) electrons. The molecule has 3 aliphatic heterocycles. The van der Waals surface area contributed by atoms with Crippen molar-refractivity contribution in [2.75, 3.05) is 39.3 Å². The largest absolute Gasteiger partial charge is 0.341 e. The van der Waals surface area contributed by atoms with Crippen LogP contribution in [0, 0.1) is 0 Å². The Balaban J connectivity index is 1.72. The summed E-state index contributed by atoms with van der Waals surface area (Å²) in [7, 11) is 0. The summed E-state index contributed by atoms with van der Waals surface area (Å²) in [5.41, 5.74) is 0. The Morgan fingerprint density at radius 3 is 1.61 bits per heavy atom. The normalized spacial score (nSPS) is 27.6. The highest BCUT2D eigenvalue weighted by Crippen LogP contribution is 2.23. The van der Waals surface area contributed by atoms with Crippen molar-refractivity contribution in [2.45, 2.75) is 76.8 Å². The van der Waals surface area contributed by atoms with E-state index in [0.717, 1.165) is 26.2 Å². The van der Waals surface area contributed by atoms with E-state index in [2.05, 4.69) is 21.6 Å². The van der Waals surface area contributed by atoms with Crippen molar-refractivity contribution in [2.24, 2.45) is 0 Å². The van der Waals surface area contributed by atoms with Crippen molar-refractivity contribution in [3.05, 3.63) is 0 Å². The summed E-state index contributed by atoms with van der Waals surface area (Å²) in [4.78, 5) is 20.6. The number of nitrogens with zero attached hydrogens (tertiary/aromatic N) is 3. The average molecular weight is 322 g/mol. The molecule has 0 N–H and O–H groups in total. The van der Waals surface area contributed by atoms with Crippen LogP contribution in [0.2, 0.25) is 0 Å². The molecule has 3 fully saturated rings. The maximum atomic E-state index is 13.3. The number of carbonyl (C=O) groups excluding carboxylic acids is 1. The minimum Gasteiger partial charge on any atom is -0.341 e. The van der Waals surface area contributed by atoms with Crippen LogP contribution < -0.4 is 0 Å². The number of rotatable bonds is 4. The van der Waals surface area contributed by atoms with Crippen molar-refractivity contribution in [3.63, 3.8) is 0 Å². The fraction of sp³-hybridized carbons (Fsp3) is 0.947. The molecule has 1 amide bonds. The van der Waals surface area contributed by atoms with Gasteiger partial charge in [-0.05, 0) is 78.0 Å². The van der Waals surface area contributed by atoms with E-state index >= 15 is 0 Å². The molecule has 0 bridgehead atoms. The first-order chi connectivity index (χ1) is 11.3. The molecule has 2 atom stereocenters. The third-order valence-corrected chi connectivity index (χ3v) is 6.13. The first-order valence-electron chi connectivity index (χ1n) is 10.0. The molecule has 3 saturated heterocycles.